The number of hydrogen-bond donors (Lipinski definition) is 1. The van der Waals surface area contributed by atoms with Crippen molar-refractivity contribution in [3.05, 3.63) is 30.3 Å². The largest absolute Gasteiger partial charge is 0.390 e. The first kappa shape index (κ1) is 17.9. The minimum Gasteiger partial charge on any atom is -0.390 e. The number of amides is 1. The zero-order valence-corrected chi connectivity index (χ0v) is 16.0. The normalized spacial score (nSPS) is 33.3. The quantitative estimate of drug-likeness (QED) is 0.835. The number of aliphatic hydroxyl groups is 1. The molecule has 3 aliphatic rings. The van der Waals surface area contributed by atoms with Gasteiger partial charge in [-0.15, -0.1) is 0 Å². The molecule has 1 spiro atoms. The average Bonchev–Trinajstić information content (AvgIpc) is 3.21. The Kier molecular flexibility index (Phi) is 4.79. The van der Waals surface area contributed by atoms with Gasteiger partial charge in [0.15, 0.2) is 0 Å². The lowest BCUT2D eigenvalue weighted by Crippen LogP contribution is -2.49. The number of carbonyl (C=O) groups excluding carboxylic acids is 1. The number of aliphatic hydroxyl groups excluding tert-OH is 1. The molecule has 3 saturated heterocycles. The maximum absolute atomic E-state index is 13.3. The second kappa shape index (κ2) is 6.94. The van der Waals surface area contributed by atoms with Crippen LogP contribution in [-0.2, 0) is 15.8 Å². The highest BCUT2D eigenvalue weighted by atomic mass is 32.2. The van der Waals surface area contributed by atoms with E-state index in [1.54, 1.807) is 6.92 Å². The lowest BCUT2D eigenvalue weighted by molar-refractivity contribution is -0.130. The van der Waals surface area contributed by atoms with Crippen LogP contribution in [0.2, 0.25) is 0 Å². The fourth-order valence-corrected chi connectivity index (χ4v) is 6.51. The van der Waals surface area contributed by atoms with Crippen molar-refractivity contribution in [2.45, 2.75) is 43.1 Å². The summed E-state index contributed by atoms with van der Waals surface area (Å²) in [7, 11) is -1.24. The Morgan fingerprint density at radius 3 is 2.54 bits per heavy atom. The lowest BCUT2D eigenvalue weighted by Gasteiger charge is -2.37. The van der Waals surface area contributed by atoms with Crippen LogP contribution < -0.4 is 4.31 Å². The van der Waals surface area contributed by atoms with Crippen molar-refractivity contribution in [3.8, 4) is 0 Å². The van der Waals surface area contributed by atoms with Crippen LogP contribution in [0.3, 0.4) is 0 Å². The summed E-state index contributed by atoms with van der Waals surface area (Å²) in [5.74, 6) is 0.146. The Morgan fingerprint density at radius 1 is 1.19 bits per heavy atom. The molecule has 3 unspecified atom stereocenters. The van der Waals surface area contributed by atoms with Gasteiger partial charge in [0.1, 0.15) is 15.7 Å². The van der Waals surface area contributed by atoms with Gasteiger partial charge in [0.25, 0.3) is 0 Å². The van der Waals surface area contributed by atoms with Gasteiger partial charge in [0.05, 0.1) is 12.6 Å². The van der Waals surface area contributed by atoms with E-state index >= 15 is 0 Å². The third-order valence-electron chi connectivity index (χ3n) is 6.26. The van der Waals surface area contributed by atoms with Gasteiger partial charge in [-0.05, 0) is 31.4 Å². The Morgan fingerprint density at radius 2 is 1.88 bits per heavy atom. The number of anilines is 1. The van der Waals surface area contributed by atoms with Crippen molar-refractivity contribution >= 4 is 22.6 Å². The van der Waals surface area contributed by atoms with Crippen molar-refractivity contribution in [1.82, 2.24) is 9.80 Å². The number of rotatable bonds is 2. The van der Waals surface area contributed by atoms with Crippen LogP contribution in [0, 0.1) is 0 Å². The number of piperidine rings is 1. The zero-order chi connectivity index (χ0) is 18.3. The maximum Gasteiger partial charge on any atom is 0.219 e. The van der Waals surface area contributed by atoms with Crippen LogP contribution in [0.25, 0.3) is 0 Å². The van der Waals surface area contributed by atoms with E-state index in [2.05, 4.69) is 4.90 Å². The molecule has 3 heterocycles. The van der Waals surface area contributed by atoms with E-state index in [4.69, 9.17) is 0 Å². The summed E-state index contributed by atoms with van der Waals surface area (Å²) in [6, 6.07) is 10.1. The topological polar surface area (TPSA) is 64.1 Å². The predicted molar refractivity (Wildman–Crippen MR) is 102 cm³/mol. The molecule has 1 aromatic rings. The lowest BCUT2D eigenvalue weighted by atomic mass is 10.00. The van der Waals surface area contributed by atoms with E-state index in [0.717, 1.165) is 44.6 Å². The number of hydrogen-bond acceptors (Lipinski definition) is 4. The SMILES string of the molecule is CC(=O)N1CCC(N2CCC3(C2)C(O)CN(c2ccccc2)S3=O)CC1. The van der Waals surface area contributed by atoms with Gasteiger partial charge in [-0.2, -0.15) is 0 Å². The molecule has 0 aromatic heterocycles. The Balaban J connectivity index is 1.45. The van der Waals surface area contributed by atoms with Crippen molar-refractivity contribution in [2.75, 3.05) is 37.0 Å². The van der Waals surface area contributed by atoms with Crippen LogP contribution in [0.1, 0.15) is 26.2 Å². The van der Waals surface area contributed by atoms with E-state index in [0.29, 0.717) is 19.1 Å². The molecular formula is C19H27N3O3S. The van der Waals surface area contributed by atoms with Gasteiger partial charge in [-0.25, -0.2) is 4.21 Å². The molecule has 3 aliphatic heterocycles. The van der Waals surface area contributed by atoms with E-state index in [1.165, 1.54) is 0 Å². The molecule has 0 saturated carbocycles. The summed E-state index contributed by atoms with van der Waals surface area (Å²) in [4.78, 5) is 15.8. The van der Waals surface area contributed by atoms with Crippen LogP contribution in [0.5, 0.6) is 0 Å². The van der Waals surface area contributed by atoms with Crippen molar-refractivity contribution in [2.24, 2.45) is 0 Å². The molecule has 1 aromatic carbocycles. The standard InChI is InChI=1S/C19H27N3O3S/c1-15(23)20-10-7-16(8-11-20)21-12-9-19(14-21)18(24)13-22(26(19)25)17-5-3-2-4-6-17/h2-6,16,18,24H,7-14H2,1H3. The minimum absolute atomic E-state index is 0.146. The monoisotopic (exact) mass is 377 g/mol. The van der Waals surface area contributed by atoms with Crippen molar-refractivity contribution in [3.63, 3.8) is 0 Å². The molecule has 0 radical (unpaired) electrons. The second-order valence-electron chi connectivity index (χ2n) is 7.68. The molecule has 1 N–H and O–H groups in total. The van der Waals surface area contributed by atoms with Crippen molar-refractivity contribution in [1.29, 1.82) is 0 Å². The number of benzene rings is 1. The summed E-state index contributed by atoms with van der Waals surface area (Å²) in [5.41, 5.74) is 0.912. The van der Waals surface area contributed by atoms with Gasteiger partial charge in [-0.1, -0.05) is 18.2 Å². The van der Waals surface area contributed by atoms with Crippen molar-refractivity contribution < 1.29 is 14.1 Å². The van der Waals surface area contributed by atoms with Gasteiger partial charge in [0, 0.05) is 44.8 Å². The highest BCUT2D eigenvalue weighted by Crippen LogP contribution is 2.41. The maximum atomic E-state index is 13.3. The number of nitrogens with zero attached hydrogens (tertiary/aromatic N) is 3. The molecule has 0 aliphatic carbocycles. The highest BCUT2D eigenvalue weighted by molar-refractivity contribution is 7.88. The fourth-order valence-electron chi connectivity index (χ4n) is 4.63. The van der Waals surface area contributed by atoms with Crippen LogP contribution in [0.4, 0.5) is 5.69 Å². The summed E-state index contributed by atoms with van der Waals surface area (Å²) >= 11 is 0. The first-order valence-electron chi connectivity index (χ1n) is 9.43. The average molecular weight is 378 g/mol. The molecule has 6 nitrogen and oxygen atoms in total. The number of β-amino-alcohol motifs (C(OH)–C–C–N with tert-alkyl or cyclic N) is 1. The molecule has 4 rings (SSSR count). The molecule has 3 atom stereocenters. The Hall–Kier alpha value is -1.44. The number of likely N-dealkylation sites (tertiary alicyclic amines) is 2. The minimum atomic E-state index is -1.24. The third-order valence-corrected chi connectivity index (χ3v) is 8.32. The van der Waals surface area contributed by atoms with Gasteiger partial charge >= 0.3 is 0 Å². The van der Waals surface area contributed by atoms with E-state index < -0.39 is 21.8 Å². The first-order valence-corrected chi connectivity index (χ1v) is 10.5. The summed E-state index contributed by atoms with van der Waals surface area (Å²) in [5, 5.41) is 10.8. The van der Waals surface area contributed by atoms with Crippen LogP contribution in [-0.4, -0.2) is 74.6 Å². The van der Waals surface area contributed by atoms with Gasteiger partial charge < -0.3 is 10.0 Å². The second-order valence-corrected chi connectivity index (χ2v) is 9.44. The molecular weight excluding hydrogens is 350 g/mol. The zero-order valence-electron chi connectivity index (χ0n) is 15.2. The fraction of sp³-hybridized carbons (Fsp3) is 0.632. The third kappa shape index (κ3) is 2.96. The highest BCUT2D eigenvalue weighted by Gasteiger charge is 2.57. The van der Waals surface area contributed by atoms with Crippen LogP contribution >= 0.6 is 0 Å². The molecule has 0 bridgehead atoms. The predicted octanol–water partition coefficient (Wildman–Crippen LogP) is 0.987. The summed E-state index contributed by atoms with van der Waals surface area (Å²) < 4.78 is 14.6. The first-order chi connectivity index (χ1) is 12.5. The van der Waals surface area contributed by atoms with E-state index in [-0.39, 0.29) is 5.91 Å². The van der Waals surface area contributed by atoms with Crippen LogP contribution in [0.15, 0.2) is 30.3 Å². The molecule has 7 heteroatoms. The molecule has 1 amide bonds. The van der Waals surface area contributed by atoms with Gasteiger partial charge in [-0.3, -0.25) is 14.0 Å². The molecule has 3 fully saturated rings. The molecule has 26 heavy (non-hydrogen) atoms. The number of para-hydroxylation sites is 1. The Bertz CT molecular complexity index is 693. The summed E-state index contributed by atoms with van der Waals surface area (Å²) in [6.07, 6.45) is 2.10. The van der Waals surface area contributed by atoms with Gasteiger partial charge in [0.2, 0.25) is 5.91 Å². The number of carbonyl (C=O) groups is 1. The Labute approximate surface area is 157 Å². The smallest absolute Gasteiger partial charge is 0.219 e. The molecule has 142 valence electrons. The van der Waals surface area contributed by atoms with E-state index in [1.807, 2.05) is 39.5 Å². The summed E-state index contributed by atoms with van der Waals surface area (Å²) in [6.45, 7) is 5.19. The van der Waals surface area contributed by atoms with E-state index in [9.17, 15) is 14.1 Å².